The molecule has 1 aromatic carbocycles. The fourth-order valence-corrected chi connectivity index (χ4v) is 3.84. The number of rotatable bonds is 5. The van der Waals surface area contributed by atoms with Crippen molar-refractivity contribution in [2.24, 2.45) is 11.7 Å². The van der Waals surface area contributed by atoms with Crippen LogP contribution in [0.25, 0.3) is 0 Å². The molecule has 0 unspecified atom stereocenters. The summed E-state index contributed by atoms with van der Waals surface area (Å²) in [4.78, 5) is 41.0. The van der Waals surface area contributed by atoms with Gasteiger partial charge in [-0.25, -0.2) is 4.79 Å². The predicted octanol–water partition coefficient (Wildman–Crippen LogP) is 0.547. The van der Waals surface area contributed by atoms with E-state index in [4.69, 9.17) is 10.5 Å². The molecule has 0 radical (unpaired) electrons. The number of hydrogen-bond donors (Lipinski definition) is 3. The zero-order chi connectivity index (χ0) is 21.3. The number of nitrogens with two attached hydrogens (primary N) is 1. The number of benzene rings is 1. The van der Waals surface area contributed by atoms with Crippen molar-refractivity contribution in [2.45, 2.75) is 31.7 Å². The van der Waals surface area contributed by atoms with Crippen molar-refractivity contribution in [1.29, 1.82) is 0 Å². The molecule has 2 fully saturated rings. The maximum Gasteiger partial charge on any atom is 0.319 e. The molecule has 4 amide bonds. The number of carbonyl (C=O) groups excluding carboxylic acids is 3. The molecule has 2 aliphatic heterocycles. The number of amides is 4. The van der Waals surface area contributed by atoms with Gasteiger partial charge in [0.1, 0.15) is 6.23 Å². The zero-order valence-corrected chi connectivity index (χ0v) is 16.3. The highest BCUT2D eigenvalue weighted by atomic mass is 16.5. The maximum atomic E-state index is 12.4. The number of nitrogens with zero attached hydrogens (tertiary/aromatic N) is 3. The predicted molar refractivity (Wildman–Crippen MR) is 102 cm³/mol. The molecule has 0 bridgehead atoms. The summed E-state index contributed by atoms with van der Waals surface area (Å²) in [6.07, 6.45) is 1.64. The quantitative estimate of drug-likeness (QED) is 0.646. The Morgan fingerprint density at radius 1 is 1.33 bits per heavy atom. The van der Waals surface area contributed by atoms with Crippen LogP contribution < -0.4 is 16.4 Å². The number of carbonyl (C=O) groups is 3. The Kier molecular flexibility index (Phi) is 5.36. The smallest absolute Gasteiger partial charge is 0.319 e. The third kappa shape index (κ3) is 3.83. The van der Waals surface area contributed by atoms with Crippen molar-refractivity contribution in [3.63, 3.8) is 0 Å². The number of urea groups is 1. The first kappa shape index (κ1) is 19.8. The van der Waals surface area contributed by atoms with E-state index in [0.29, 0.717) is 12.2 Å². The lowest BCUT2D eigenvalue weighted by molar-refractivity contribution is -0.116. The molecule has 2 saturated heterocycles. The second kappa shape index (κ2) is 8.11. The molecule has 158 valence electrons. The summed E-state index contributed by atoms with van der Waals surface area (Å²) in [7, 11) is 1.73. The molecule has 11 nitrogen and oxygen atoms in total. The summed E-state index contributed by atoms with van der Waals surface area (Å²) in [6.45, 7) is 0.634. The number of ether oxygens (including phenoxy) is 1. The van der Waals surface area contributed by atoms with Crippen LogP contribution in [0.3, 0.4) is 0 Å². The first-order chi connectivity index (χ1) is 14.4. The lowest BCUT2D eigenvalue weighted by Crippen LogP contribution is -2.59. The molecule has 1 aromatic heterocycles. The molecule has 2 aliphatic rings. The van der Waals surface area contributed by atoms with E-state index in [2.05, 4.69) is 25.3 Å². The summed E-state index contributed by atoms with van der Waals surface area (Å²) < 4.78 is 10.5. The number of aromatic nitrogens is 2. The van der Waals surface area contributed by atoms with E-state index in [9.17, 15) is 14.4 Å². The summed E-state index contributed by atoms with van der Waals surface area (Å²) in [5.74, 6) is -1.20. The highest BCUT2D eigenvalue weighted by Gasteiger charge is 2.42. The van der Waals surface area contributed by atoms with Crippen LogP contribution in [-0.4, -0.2) is 52.8 Å². The van der Waals surface area contributed by atoms with Crippen molar-refractivity contribution in [2.75, 3.05) is 13.7 Å². The van der Waals surface area contributed by atoms with E-state index in [1.165, 1.54) is 0 Å². The van der Waals surface area contributed by atoms with Gasteiger partial charge in [-0.3, -0.25) is 9.59 Å². The molecule has 3 heterocycles. The van der Waals surface area contributed by atoms with Gasteiger partial charge in [0.25, 0.3) is 5.91 Å². The first-order valence-corrected chi connectivity index (χ1v) is 9.59. The normalized spacial score (nSPS) is 23.4. The Bertz CT molecular complexity index is 959. The molecular weight excluding hydrogens is 392 g/mol. The molecular formula is C19H22N6O5. The van der Waals surface area contributed by atoms with Gasteiger partial charge in [-0.1, -0.05) is 17.3 Å². The number of primary amides is 1. The number of nitrogens with one attached hydrogen (secondary N) is 2. The first-order valence-electron chi connectivity index (χ1n) is 9.59. The van der Waals surface area contributed by atoms with Crippen LogP contribution >= 0.6 is 0 Å². The molecule has 4 rings (SSSR count). The van der Waals surface area contributed by atoms with E-state index >= 15 is 0 Å². The summed E-state index contributed by atoms with van der Waals surface area (Å²) in [5, 5.41) is 9.25. The molecule has 11 heteroatoms. The van der Waals surface area contributed by atoms with Gasteiger partial charge in [-0.2, -0.15) is 4.98 Å². The van der Waals surface area contributed by atoms with Crippen molar-refractivity contribution in [1.82, 2.24) is 25.7 Å². The van der Waals surface area contributed by atoms with Gasteiger partial charge < -0.3 is 30.5 Å². The second-order valence-electron chi connectivity index (χ2n) is 7.29. The number of hydrogen-bond acceptors (Lipinski definition) is 7. The summed E-state index contributed by atoms with van der Waals surface area (Å²) in [5.41, 5.74) is 6.40. The van der Waals surface area contributed by atoms with E-state index in [-0.39, 0.29) is 48.4 Å². The molecule has 0 saturated carbocycles. The molecule has 4 N–H and O–H groups in total. The average molecular weight is 414 g/mol. The van der Waals surface area contributed by atoms with Gasteiger partial charge >= 0.3 is 17.8 Å². The fourth-order valence-electron chi connectivity index (χ4n) is 3.84. The van der Waals surface area contributed by atoms with Crippen molar-refractivity contribution < 1.29 is 23.6 Å². The van der Waals surface area contributed by atoms with E-state index in [1.807, 2.05) is 12.1 Å². The monoisotopic (exact) mass is 414 g/mol. The van der Waals surface area contributed by atoms with Crippen LogP contribution in [0.15, 0.2) is 28.8 Å². The third-order valence-corrected chi connectivity index (χ3v) is 5.36. The maximum absolute atomic E-state index is 12.4. The van der Waals surface area contributed by atoms with E-state index in [0.717, 1.165) is 18.4 Å². The number of fused-ring (bicyclic) bond motifs is 1. The molecule has 3 atom stereocenters. The minimum Gasteiger partial charge on any atom is -0.361 e. The Hall–Kier alpha value is -3.47. The Morgan fingerprint density at radius 2 is 2.10 bits per heavy atom. The average Bonchev–Trinajstić information content (AvgIpc) is 3.24. The van der Waals surface area contributed by atoms with Gasteiger partial charge in [0.15, 0.2) is 5.82 Å². The van der Waals surface area contributed by atoms with E-state index < -0.39 is 5.91 Å². The third-order valence-electron chi connectivity index (χ3n) is 5.36. The van der Waals surface area contributed by atoms with Gasteiger partial charge in [-0.05, 0) is 30.5 Å². The topological polar surface area (TPSA) is 153 Å². The standard InChI is InChI=1S/C19H22N6O5/c1-25-18-12(3-2-8-29-18)14(23-19(25)28)10-4-6-11(7-5-10)16(27)21-9-13-22-17(15(20)26)30-24-13/h4-7,12,14,18H,2-3,8-9H2,1H3,(H2,20,26)(H,21,27)(H,23,28)/t12-,14-,18-/m0/s1. The lowest BCUT2D eigenvalue weighted by atomic mass is 9.84. The Labute approximate surface area is 171 Å². The van der Waals surface area contributed by atoms with Crippen LogP contribution in [0.1, 0.15) is 51.3 Å². The van der Waals surface area contributed by atoms with Gasteiger partial charge in [0.05, 0.1) is 12.6 Å². The molecule has 0 aliphatic carbocycles. The van der Waals surface area contributed by atoms with Crippen molar-refractivity contribution in [3.8, 4) is 0 Å². The van der Waals surface area contributed by atoms with E-state index in [1.54, 1.807) is 24.1 Å². The SMILES string of the molecule is CN1C(=O)N[C@@H](c2ccc(C(=O)NCc3noc(C(N)=O)n3)cc2)[C@@H]2CCCO[C@@H]21. The van der Waals surface area contributed by atoms with Crippen LogP contribution in [0.5, 0.6) is 0 Å². The second-order valence-corrected chi connectivity index (χ2v) is 7.29. The van der Waals surface area contributed by atoms with Gasteiger partial charge in [0.2, 0.25) is 0 Å². The van der Waals surface area contributed by atoms with Crippen LogP contribution in [0, 0.1) is 5.92 Å². The molecule has 30 heavy (non-hydrogen) atoms. The minimum absolute atomic E-state index is 0.0104. The summed E-state index contributed by atoms with van der Waals surface area (Å²) in [6, 6.07) is 6.69. The molecule has 0 spiro atoms. The fraction of sp³-hybridized carbons (Fsp3) is 0.421. The van der Waals surface area contributed by atoms with Crippen molar-refractivity contribution >= 4 is 17.8 Å². The molecule has 2 aromatic rings. The Balaban J connectivity index is 1.42. The highest BCUT2D eigenvalue weighted by molar-refractivity contribution is 5.94. The van der Waals surface area contributed by atoms with Crippen LogP contribution in [0.4, 0.5) is 4.79 Å². The zero-order valence-electron chi connectivity index (χ0n) is 16.3. The minimum atomic E-state index is -0.831. The summed E-state index contributed by atoms with van der Waals surface area (Å²) >= 11 is 0. The van der Waals surface area contributed by atoms with Crippen molar-refractivity contribution in [3.05, 3.63) is 47.1 Å². The lowest BCUT2D eigenvalue weighted by Gasteiger charge is -2.46. The van der Waals surface area contributed by atoms with Gasteiger partial charge in [-0.15, -0.1) is 0 Å². The van der Waals surface area contributed by atoms with Crippen LogP contribution in [-0.2, 0) is 11.3 Å². The Morgan fingerprint density at radius 3 is 2.80 bits per heavy atom. The highest BCUT2D eigenvalue weighted by Crippen LogP contribution is 2.37. The van der Waals surface area contributed by atoms with Gasteiger partial charge in [0, 0.05) is 25.1 Å². The largest absolute Gasteiger partial charge is 0.361 e. The van der Waals surface area contributed by atoms with Crippen LogP contribution in [0.2, 0.25) is 0 Å².